The minimum Gasteiger partial charge on any atom is -0.497 e. The van der Waals surface area contributed by atoms with Gasteiger partial charge in [-0.3, -0.25) is 4.79 Å². The van der Waals surface area contributed by atoms with Gasteiger partial charge in [-0.05, 0) is 30.9 Å². The molecule has 0 saturated carbocycles. The van der Waals surface area contributed by atoms with Crippen molar-refractivity contribution in [2.24, 2.45) is 5.92 Å². The van der Waals surface area contributed by atoms with Gasteiger partial charge in [-0.15, -0.1) is 0 Å². The van der Waals surface area contributed by atoms with Crippen molar-refractivity contribution in [1.29, 1.82) is 0 Å². The van der Waals surface area contributed by atoms with Crippen LogP contribution in [0.15, 0.2) is 18.2 Å². The Labute approximate surface area is 143 Å². The molecule has 1 N–H and O–H groups in total. The summed E-state index contributed by atoms with van der Waals surface area (Å²) in [6.07, 6.45) is 2.72. The van der Waals surface area contributed by atoms with Crippen LogP contribution in [0.25, 0.3) is 0 Å². The first kappa shape index (κ1) is 18.5. The highest BCUT2D eigenvalue weighted by Gasteiger charge is 2.25. The van der Waals surface area contributed by atoms with Crippen molar-refractivity contribution in [3.05, 3.63) is 23.8 Å². The Balaban J connectivity index is 1.90. The zero-order chi connectivity index (χ0) is 17.7. The molecule has 8 heteroatoms. The highest BCUT2D eigenvalue weighted by Crippen LogP contribution is 2.23. The Kier molecular flexibility index (Phi) is 6.06. The Hall–Kier alpha value is -1.80. The second-order valence-electron chi connectivity index (χ2n) is 5.92. The molecular formula is C16H24N2O5S. The molecule has 0 aromatic heterocycles. The minimum absolute atomic E-state index is 0.197. The van der Waals surface area contributed by atoms with E-state index in [4.69, 9.17) is 9.47 Å². The van der Waals surface area contributed by atoms with E-state index in [0.717, 1.165) is 12.8 Å². The summed E-state index contributed by atoms with van der Waals surface area (Å²) in [6, 6.07) is 5.02. The zero-order valence-corrected chi connectivity index (χ0v) is 15.1. The van der Waals surface area contributed by atoms with E-state index in [1.807, 2.05) is 0 Å². The van der Waals surface area contributed by atoms with Crippen molar-refractivity contribution in [1.82, 2.24) is 9.62 Å². The molecule has 7 nitrogen and oxygen atoms in total. The monoisotopic (exact) mass is 356 g/mol. The van der Waals surface area contributed by atoms with Crippen LogP contribution in [0.1, 0.15) is 23.2 Å². The fraction of sp³-hybridized carbons (Fsp3) is 0.562. The van der Waals surface area contributed by atoms with Crippen LogP contribution in [0.4, 0.5) is 0 Å². The summed E-state index contributed by atoms with van der Waals surface area (Å²) >= 11 is 0. The molecule has 1 aliphatic rings. The summed E-state index contributed by atoms with van der Waals surface area (Å²) < 4.78 is 34.8. The maximum Gasteiger partial charge on any atom is 0.251 e. The Morgan fingerprint density at radius 2 is 1.71 bits per heavy atom. The average Bonchev–Trinajstić information content (AvgIpc) is 2.58. The van der Waals surface area contributed by atoms with Crippen molar-refractivity contribution < 1.29 is 22.7 Å². The van der Waals surface area contributed by atoms with E-state index in [1.165, 1.54) is 24.8 Å². The van der Waals surface area contributed by atoms with Gasteiger partial charge >= 0.3 is 0 Å². The van der Waals surface area contributed by atoms with Crippen LogP contribution in [0.2, 0.25) is 0 Å². The fourth-order valence-corrected chi connectivity index (χ4v) is 3.60. The summed E-state index contributed by atoms with van der Waals surface area (Å²) in [5.74, 6) is 1.19. The van der Waals surface area contributed by atoms with E-state index < -0.39 is 10.0 Å². The molecule has 1 fully saturated rings. The fourth-order valence-electron chi connectivity index (χ4n) is 2.72. The quantitative estimate of drug-likeness (QED) is 0.825. The second-order valence-corrected chi connectivity index (χ2v) is 7.90. The zero-order valence-electron chi connectivity index (χ0n) is 14.2. The standard InChI is InChI=1S/C16H24N2O5S/c1-22-14-8-13(9-15(10-14)23-2)16(19)17-11-12-4-6-18(7-5-12)24(3,20)21/h8-10,12H,4-7,11H2,1-3H3,(H,17,19). The lowest BCUT2D eigenvalue weighted by Gasteiger charge is -2.30. The summed E-state index contributed by atoms with van der Waals surface area (Å²) in [5.41, 5.74) is 0.472. The molecule has 1 heterocycles. The molecule has 0 atom stereocenters. The first-order valence-electron chi connectivity index (χ1n) is 7.80. The number of ether oxygens (including phenoxy) is 2. The predicted molar refractivity (Wildman–Crippen MR) is 91.0 cm³/mol. The van der Waals surface area contributed by atoms with E-state index in [2.05, 4.69) is 5.32 Å². The SMILES string of the molecule is COc1cc(OC)cc(C(=O)NCC2CCN(S(C)(=O)=O)CC2)c1. The number of nitrogens with one attached hydrogen (secondary N) is 1. The summed E-state index contributed by atoms with van der Waals surface area (Å²) in [6.45, 7) is 1.54. The van der Waals surface area contributed by atoms with Crippen molar-refractivity contribution in [3.63, 3.8) is 0 Å². The van der Waals surface area contributed by atoms with Crippen LogP contribution >= 0.6 is 0 Å². The number of nitrogens with zero attached hydrogens (tertiary/aromatic N) is 1. The first-order chi connectivity index (χ1) is 11.3. The molecule has 24 heavy (non-hydrogen) atoms. The smallest absolute Gasteiger partial charge is 0.251 e. The minimum atomic E-state index is -3.12. The molecule has 2 rings (SSSR count). The summed E-state index contributed by atoms with van der Waals surface area (Å²) in [7, 11) is -0.0533. The molecule has 1 aromatic carbocycles. The Morgan fingerprint density at radius 3 is 2.17 bits per heavy atom. The van der Waals surface area contributed by atoms with Crippen molar-refractivity contribution in [2.45, 2.75) is 12.8 Å². The lowest BCUT2D eigenvalue weighted by atomic mass is 9.98. The summed E-state index contributed by atoms with van der Waals surface area (Å²) in [4.78, 5) is 12.3. The summed E-state index contributed by atoms with van der Waals surface area (Å²) in [5, 5.41) is 2.91. The van der Waals surface area contributed by atoms with E-state index in [1.54, 1.807) is 18.2 Å². The van der Waals surface area contributed by atoms with Gasteiger partial charge in [0.15, 0.2) is 0 Å². The number of hydrogen-bond donors (Lipinski definition) is 1. The van der Waals surface area contributed by atoms with Crippen molar-refractivity contribution >= 4 is 15.9 Å². The van der Waals surface area contributed by atoms with Crippen LogP contribution in [0.3, 0.4) is 0 Å². The highest BCUT2D eigenvalue weighted by molar-refractivity contribution is 7.88. The van der Waals surface area contributed by atoms with Crippen LogP contribution in [-0.2, 0) is 10.0 Å². The van der Waals surface area contributed by atoms with E-state index in [0.29, 0.717) is 36.7 Å². The van der Waals surface area contributed by atoms with E-state index in [9.17, 15) is 13.2 Å². The third-order valence-electron chi connectivity index (χ3n) is 4.21. The number of rotatable bonds is 6. The van der Waals surface area contributed by atoms with Crippen LogP contribution in [0, 0.1) is 5.92 Å². The highest BCUT2D eigenvalue weighted by atomic mass is 32.2. The lowest BCUT2D eigenvalue weighted by molar-refractivity contribution is 0.0941. The molecule has 1 aliphatic heterocycles. The molecule has 0 bridgehead atoms. The molecule has 0 spiro atoms. The maximum absolute atomic E-state index is 12.3. The number of benzene rings is 1. The molecule has 0 aliphatic carbocycles. The second kappa shape index (κ2) is 7.85. The lowest BCUT2D eigenvalue weighted by Crippen LogP contribution is -2.41. The van der Waals surface area contributed by atoms with E-state index in [-0.39, 0.29) is 11.8 Å². The van der Waals surface area contributed by atoms with Crippen LogP contribution in [0.5, 0.6) is 11.5 Å². The molecule has 0 unspecified atom stereocenters. The first-order valence-corrected chi connectivity index (χ1v) is 9.64. The number of hydrogen-bond acceptors (Lipinski definition) is 5. The Bertz CT molecular complexity index is 659. The van der Waals surface area contributed by atoms with Gasteiger partial charge in [0.2, 0.25) is 10.0 Å². The molecule has 1 saturated heterocycles. The van der Waals surface area contributed by atoms with E-state index >= 15 is 0 Å². The maximum atomic E-state index is 12.3. The van der Waals surface area contributed by atoms with Crippen LogP contribution in [-0.4, -0.2) is 58.7 Å². The van der Waals surface area contributed by atoms with Gasteiger partial charge in [-0.1, -0.05) is 0 Å². The molecular weight excluding hydrogens is 332 g/mol. The van der Waals surface area contributed by atoms with Gasteiger partial charge in [-0.2, -0.15) is 0 Å². The number of sulfonamides is 1. The number of carbonyl (C=O) groups is 1. The number of amides is 1. The Morgan fingerprint density at radius 1 is 1.17 bits per heavy atom. The number of methoxy groups -OCH3 is 2. The van der Waals surface area contributed by atoms with Gasteiger partial charge in [0.25, 0.3) is 5.91 Å². The average molecular weight is 356 g/mol. The van der Waals surface area contributed by atoms with Crippen molar-refractivity contribution in [3.8, 4) is 11.5 Å². The van der Waals surface area contributed by atoms with Gasteiger partial charge in [0, 0.05) is 31.3 Å². The normalized spacial score (nSPS) is 16.6. The largest absolute Gasteiger partial charge is 0.497 e. The van der Waals surface area contributed by atoms with Crippen molar-refractivity contribution in [2.75, 3.05) is 40.1 Å². The molecule has 0 radical (unpaired) electrons. The molecule has 1 amide bonds. The number of carbonyl (C=O) groups excluding carboxylic acids is 1. The predicted octanol–water partition coefficient (Wildman–Crippen LogP) is 1.11. The van der Waals surface area contributed by atoms with Gasteiger partial charge in [0.1, 0.15) is 11.5 Å². The van der Waals surface area contributed by atoms with Crippen LogP contribution < -0.4 is 14.8 Å². The topological polar surface area (TPSA) is 84.9 Å². The third-order valence-corrected chi connectivity index (χ3v) is 5.51. The number of piperidine rings is 1. The third kappa shape index (κ3) is 4.85. The van der Waals surface area contributed by atoms with Gasteiger partial charge < -0.3 is 14.8 Å². The molecule has 1 aromatic rings. The molecule has 134 valence electrons. The van der Waals surface area contributed by atoms with Gasteiger partial charge in [-0.25, -0.2) is 12.7 Å². The van der Waals surface area contributed by atoms with Gasteiger partial charge in [0.05, 0.1) is 20.5 Å².